The summed E-state index contributed by atoms with van der Waals surface area (Å²) in [5.41, 5.74) is 5.37. The molecule has 6 heteroatoms. The van der Waals surface area contributed by atoms with Crippen molar-refractivity contribution in [2.45, 2.75) is 65.5 Å². The Labute approximate surface area is 208 Å². The van der Waals surface area contributed by atoms with Crippen LogP contribution in [-0.2, 0) is 30.5 Å². The van der Waals surface area contributed by atoms with Gasteiger partial charge in [-0.25, -0.2) is 14.8 Å². The van der Waals surface area contributed by atoms with Gasteiger partial charge in [0.2, 0.25) is 0 Å². The maximum Gasteiger partial charge on any atom is 0.410 e. The van der Waals surface area contributed by atoms with Gasteiger partial charge < -0.3 is 14.4 Å². The van der Waals surface area contributed by atoms with Crippen molar-refractivity contribution in [2.75, 3.05) is 13.2 Å². The number of aromatic nitrogens is 2. The number of hydrogen-bond donors (Lipinski definition) is 0. The van der Waals surface area contributed by atoms with Gasteiger partial charge in [-0.15, -0.1) is 0 Å². The summed E-state index contributed by atoms with van der Waals surface area (Å²) in [6, 6.07) is 14.6. The predicted octanol–water partition coefficient (Wildman–Crippen LogP) is 6.01. The number of fused-ring (bicyclic) bond motifs is 1. The van der Waals surface area contributed by atoms with Crippen LogP contribution in [0.15, 0.2) is 54.9 Å². The third kappa shape index (κ3) is 6.81. The fourth-order valence-electron chi connectivity index (χ4n) is 4.07. The second-order valence-corrected chi connectivity index (χ2v) is 10.00. The molecule has 3 aromatic rings. The second kappa shape index (κ2) is 10.9. The van der Waals surface area contributed by atoms with Crippen LogP contribution in [0.2, 0.25) is 0 Å². The van der Waals surface area contributed by atoms with Gasteiger partial charge in [0.15, 0.2) is 5.82 Å². The van der Waals surface area contributed by atoms with Crippen LogP contribution in [0.3, 0.4) is 0 Å². The van der Waals surface area contributed by atoms with Crippen molar-refractivity contribution in [3.63, 3.8) is 0 Å². The number of ether oxygens (including phenoxy) is 2. The lowest BCUT2D eigenvalue weighted by Gasteiger charge is -2.31. The zero-order valence-electron chi connectivity index (χ0n) is 21.2. The van der Waals surface area contributed by atoms with E-state index in [9.17, 15) is 4.79 Å². The van der Waals surface area contributed by atoms with Crippen molar-refractivity contribution < 1.29 is 14.3 Å². The number of nitrogens with zero attached hydrogens (tertiary/aromatic N) is 3. The maximum absolute atomic E-state index is 12.4. The van der Waals surface area contributed by atoms with Crippen molar-refractivity contribution >= 4 is 6.09 Å². The van der Waals surface area contributed by atoms with Gasteiger partial charge in [0.05, 0.1) is 6.61 Å². The lowest BCUT2D eigenvalue weighted by Crippen LogP contribution is -2.39. The first-order valence-electron chi connectivity index (χ1n) is 12.4. The molecule has 184 valence electrons. The zero-order valence-corrected chi connectivity index (χ0v) is 21.2. The molecule has 0 saturated heterocycles. The Morgan fingerprint density at radius 2 is 1.74 bits per heavy atom. The molecule has 2 heterocycles. The highest BCUT2D eigenvalue weighted by Crippen LogP contribution is 2.25. The molecule has 2 aromatic carbocycles. The van der Waals surface area contributed by atoms with E-state index in [-0.39, 0.29) is 6.09 Å². The Kier molecular flexibility index (Phi) is 7.69. The molecule has 0 bridgehead atoms. The highest BCUT2D eigenvalue weighted by atomic mass is 16.6. The van der Waals surface area contributed by atoms with Crippen LogP contribution in [0.4, 0.5) is 4.79 Å². The van der Waals surface area contributed by atoms with E-state index in [0.717, 1.165) is 53.9 Å². The Morgan fingerprint density at radius 1 is 1.00 bits per heavy atom. The first-order chi connectivity index (χ1) is 16.8. The minimum atomic E-state index is -0.480. The molecule has 0 aliphatic carbocycles. The number of amides is 1. The van der Waals surface area contributed by atoms with Crippen LogP contribution < -0.4 is 4.74 Å². The fourth-order valence-corrected chi connectivity index (χ4v) is 4.07. The van der Waals surface area contributed by atoms with Gasteiger partial charge in [-0.3, -0.25) is 0 Å². The largest absolute Gasteiger partial charge is 0.494 e. The van der Waals surface area contributed by atoms with Gasteiger partial charge in [-0.05, 0) is 80.8 Å². The van der Waals surface area contributed by atoms with E-state index < -0.39 is 5.60 Å². The van der Waals surface area contributed by atoms with Crippen LogP contribution >= 0.6 is 0 Å². The Morgan fingerprint density at radius 3 is 2.43 bits per heavy atom. The molecule has 1 aliphatic rings. The molecular weight excluding hydrogens is 438 g/mol. The first-order valence-corrected chi connectivity index (χ1v) is 12.4. The van der Waals surface area contributed by atoms with Crippen LogP contribution in [0.25, 0.3) is 11.4 Å². The Balaban J connectivity index is 1.24. The van der Waals surface area contributed by atoms with Crippen molar-refractivity contribution in [1.82, 2.24) is 14.9 Å². The van der Waals surface area contributed by atoms with E-state index in [4.69, 9.17) is 9.47 Å². The summed E-state index contributed by atoms with van der Waals surface area (Å²) in [5.74, 6) is 1.65. The monoisotopic (exact) mass is 473 g/mol. The van der Waals surface area contributed by atoms with Crippen LogP contribution in [0.5, 0.6) is 5.75 Å². The van der Waals surface area contributed by atoms with E-state index in [1.165, 1.54) is 11.1 Å². The van der Waals surface area contributed by atoms with Gasteiger partial charge in [-0.2, -0.15) is 0 Å². The number of carbonyl (C=O) groups is 1. The van der Waals surface area contributed by atoms with E-state index in [1.54, 1.807) is 4.90 Å². The summed E-state index contributed by atoms with van der Waals surface area (Å²) in [7, 11) is 0. The van der Waals surface area contributed by atoms with Crippen LogP contribution in [-0.4, -0.2) is 39.7 Å². The third-order valence-corrected chi connectivity index (χ3v) is 6.05. The summed E-state index contributed by atoms with van der Waals surface area (Å²) in [6.45, 7) is 9.67. The van der Waals surface area contributed by atoms with Crippen LogP contribution in [0, 0.1) is 0 Å². The van der Waals surface area contributed by atoms with Gasteiger partial charge in [0.1, 0.15) is 11.4 Å². The molecule has 0 fully saturated rings. The lowest BCUT2D eigenvalue weighted by atomic mass is 10.00. The first kappa shape index (κ1) is 24.7. The number of aryl methyl sites for hydroxylation is 2. The van der Waals surface area contributed by atoms with Crippen molar-refractivity contribution in [3.05, 3.63) is 77.1 Å². The number of benzene rings is 2. The zero-order chi connectivity index (χ0) is 24.8. The molecule has 0 saturated carbocycles. The summed E-state index contributed by atoms with van der Waals surface area (Å²) in [4.78, 5) is 23.1. The minimum absolute atomic E-state index is 0.251. The molecule has 0 radical (unpaired) electrons. The smallest absolute Gasteiger partial charge is 0.410 e. The van der Waals surface area contributed by atoms with Crippen molar-refractivity contribution in [3.8, 4) is 17.1 Å². The molecule has 1 aromatic heterocycles. The number of hydrogen-bond acceptors (Lipinski definition) is 5. The molecule has 4 rings (SSSR count). The Hall–Kier alpha value is -3.41. The lowest BCUT2D eigenvalue weighted by molar-refractivity contribution is 0.0224. The molecule has 0 unspecified atom stereocenters. The average Bonchev–Trinajstić information content (AvgIpc) is 2.85. The molecule has 1 aliphatic heterocycles. The normalized spacial score (nSPS) is 13.3. The second-order valence-electron chi connectivity index (χ2n) is 10.00. The third-order valence-electron chi connectivity index (χ3n) is 6.05. The molecule has 0 atom stereocenters. The van der Waals surface area contributed by atoms with Gasteiger partial charge in [-0.1, -0.05) is 37.3 Å². The molecule has 1 amide bonds. The highest BCUT2D eigenvalue weighted by molar-refractivity contribution is 5.68. The molecular formula is C29H35N3O3. The van der Waals surface area contributed by atoms with Crippen molar-refractivity contribution in [1.29, 1.82) is 0 Å². The molecule has 35 heavy (non-hydrogen) atoms. The van der Waals surface area contributed by atoms with Crippen LogP contribution in [0.1, 0.15) is 56.4 Å². The average molecular weight is 474 g/mol. The molecule has 0 N–H and O–H groups in total. The minimum Gasteiger partial charge on any atom is -0.494 e. The standard InChI is InChI=1S/C29H35N3O3/c1-5-21-18-30-27(31-19-21)23-10-8-22(9-11-23)7-6-16-34-26-13-12-25-20-32(15-14-24(25)17-26)28(33)35-29(2,3)4/h8-13,17-19H,5-7,14-16,20H2,1-4H3. The van der Waals surface area contributed by atoms with E-state index in [1.807, 2.05) is 39.2 Å². The fraction of sp³-hybridized carbons (Fsp3) is 0.414. The SMILES string of the molecule is CCc1cnc(-c2ccc(CCCOc3ccc4c(c3)CCN(C(=O)OC(C)(C)C)C4)cc2)nc1. The summed E-state index contributed by atoms with van der Waals surface area (Å²) < 4.78 is 11.5. The topological polar surface area (TPSA) is 64.5 Å². The number of rotatable bonds is 7. The van der Waals surface area contributed by atoms with Gasteiger partial charge >= 0.3 is 6.09 Å². The summed E-state index contributed by atoms with van der Waals surface area (Å²) >= 11 is 0. The molecule has 0 spiro atoms. The number of carbonyl (C=O) groups excluding carboxylic acids is 1. The van der Waals surface area contributed by atoms with E-state index in [0.29, 0.717) is 19.7 Å². The summed E-state index contributed by atoms with van der Waals surface area (Å²) in [5, 5.41) is 0. The van der Waals surface area contributed by atoms with Gasteiger partial charge in [0, 0.05) is 31.0 Å². The Bertz CT molecular complexity index is 1140. The van der Waals surface area contributed by atoms with E-state index >= 15 is 0 Å². The molecule has 6 nitrogen and oxygen atoms in total. The quantitative estimate of drug-likeness (QED) is 0.393. The van der Waals surface area contributed by atoms with E-state index in [2.05, 4.69) is 53.3 Å². The highest BCUT2D eigenvalue weighted by Gasteiger charge is 2.25. The summed E-state index contributed by atoms with van der Waals surface area (Å²) in [6.07, 6.45) is 7.17. The van der Waals surface area contributed by atoms with Gasteiger partial charge in [0.25, 0.3) is 0 Å². The van der Waals surface area contributed by atoms with Crippen molar-refractivity contribution in [2.24, 2.45) is 0 Å². The maximum atomic E-state index is 12.4. The predicted molar refractivity (Wildman–Crippen MR) is 137 cm³/mol.